The summed E-state index contributed by atoms with van der Waals surface area (Å²) in [7, 11) is -4.68. The van der Waals surface area contributed by atoms with Gasteiger partial charge in [-0.1, -0.05) is 0 Å². The van der Waals surface area contributed by atoms with E-state index in [4.69, 9.17) is 5.73 Å². The van der Waals surface area contributed by atoms with Crippen molar-refractivity contribution < 1.29 is 12.6 Å². The molecule has 0 saturated heterocycles. The molecule has 1 heterocycles. The Morgan fingerprint density at radius 3 is 2.80 bits per heavy atom. The average molecular weight is 252 g/mol. The zero-order chi connectivity index (χ0) is 11.5. The van der Waals surface area contributed by atoms with Crippen LogP contribution in [0.3, 0.4) is 0 Å². The van der Waals surface area contributed by atoms with Crippen LogP contribution in [0.25, 0.3) is 0 Å². The van der Waals surface area contributed by atoms with E-state index >= 15 is 0 Å². The molecule has 9 heteroatoms. The lowest BCUT2D eigenvalue weighted by Crippen LogP contribution is -2.28. The minimum absolute atomic E-state index is 0.0138. The summed E-state index contributed by atoms with van der Waals surface area (Å²) in [4.78, 5) is -0.0932. The molecule has 0 aliphatic carbocycles. The number of hydrogen-bond donors (Lipinski definition) is 3. The van der Waals surface area contributed by atoms with Gasteiger partial charge in [0.05, 0.1) is 6.20 Å². The van der Waals surface area contributed by atoms with Crippen LogP contribution in [0.5, 0.6) is 0 Å². The molecule has 4 N–H and O–H groups in total. The van der Waals surface area contributed by atoms with E-state index in [9.17, 15) is 12.6 Å². The zero-order valence-electron chi connectivity index (χ0n) is 8.06. The van der Waals surface area contributed by atoms with E-state index in [1.165, 1.54) is 6.26 Å². The van der Waals surface area contributed by atoms with Gasteiger partial charge in [0, 0.05) is 29.4 Å². The summed E-state index contributed by atoms with van der Waals surface area (Å²) in [5, 5.41) is 5.82. The Morgan fingerprint density at radius 1 is 1.67 bits per heavy atom. The van der Waals surface area contributed by atoms with Crippen molar-refractivity contribution in [2.45, 2.75) is 4.90 Å². The molecule has 1 rings (SSSR count). The molecule has 0 aliphatic rings. The van der Waals surface area contributed by atoms with Gasteiger partial charge >= 0.3 is 0 Å². The van der Waals surface area contributed by atoms with Gasteiger partial charge in [-0.3, -0.25) is 9.31 Å². The SMILES string of the molecule is CS(=O)CCNS(=O)(=O)c1cn[nH]c1N. The van der Waals surface area contributed by atoms with Crippen LogP contribution in [0.4, 0.5) is 5.82 Å². The summed E-state index contributed by atoms with van der Waals surface area (Å²) in [6.07, 6.45) is 2.63. The van der Waals surface area contributed by atoms with Crippen LogP contribution in [0.15, 0.2) is 11.1 Å². The maximum absolute atomic E-state index is 11.5. The fourth-order valence-electron chi connectivity index (χ4n) is 0.897. The highest BCUT2D eigenvalue weighted by molar-refractivity contribution is 7.89. The lowest BCUT2D eigenvalue weighted by molar-refractivity contribution is 0.584. The van der Waals surface area contributed by atoms with E-state index < -0.39 is 20.8 Å². The number of nitrogen functional groups attached to an aromatic ring is 1. The number of H-pyrrole nitrogens is 1. The first-order valence-corrected chi connectivity index (χ1v) is 7.23. The highest BCUT2D eigenvalue weighted by Gasteiger charge is 2.18. The van der Waals surface area contributed by atoms with E-state index in [2.05, 4.69) is 14.9 Å². The molecule has 0 saturated carbocycles. The summed E-state index contributed by atoms with van der Waals surface area (Å²) in [6, 6.07) is 0. The maximum Gasteiger partial charge on any atom is 0.245 e. The Hall–Kier alpha value is -0.930. The van der Waals surface area contributed by atoms with Crippen LogP contribution in [-0.2, 0) is 20.8 Å². The highest BCUT2D eigenvalue weighted by atomic mass is 32.2. The van der Waals surface area contributed by atoms with Gasteiger partial charge in [-0.2, -0.15) is 5.10 Å². The molecule has 1 aromatic heterocycles. The second-order valence-electron chi connectivity index (χ2n) is 2.82. The molecule has 1 unspecified atom stereocenters. The van der Waals surface area contributed by atoms with Crippen LogP contribution in [0.2, 0.25) is 0 Å². The molecule has 1 aromatic rings. The second-order valence-corrected chi connectivity index (χ2v) is 6.11. The summed E-state index contributed by atoms with van der Waals surface area (Å²) < 4.78 is 36.1. The molecular formula is C6H12N4O3S2. The number of nitrogens with one attached hydrogen (secondary N) is 2. The van der Waals surface area contributed by atoms with Crippen molar-refractivity contribution in [2.24, 2.45) is 0 Å². The van der Waals surface area contributed by atoms with E-state index in [-0.39, 0.29) is 23.0 Å². The molecular weight excluding hydrogens is 240 g/mol. The van der Waals surface area contributed by atoms with Crippen molar-refractivity contribution >= 4 is 26.6 Å². The maximum atomic E-state index is 11.5. The van der Waals surface area contributed by atoms with Crippen LogP contribution >= 0.6 is 0 Å². The third-order valence-electron chi connectivity index (χ3n) is 1.60. The Morgan fingerprint density at radius 2 is 2.33 bits per heavy atom. The van der Waals surface area contributed by atoms with Gasteiger partial charge < -0.3 is 5.73 Å². The van der Waals surface area contributed by atoms with E-state index in [1.54, 1.807) is 0 Å². The Kier molecular flexibility index (Phi) is 3.83. The number of hydrogen-bond acceptors (Lipinski definition) is 5. The first kappa shape index (κ1) is 12.1. The average Bonchev–Trinajstić information content (AvgIpc) is 2.50. The molecule has 15 heavy (non-hydrogen) atoms. The van der Waals surface area contributed by atoms with E-state index in [1.807, 2.05) is 0 Å². The molecule has 1 atom stereocenters. The Balaban J connectivity index is 2.69. The van der Waals surface area contributed by atoms with Crippen LogP contribution in [0.1, 0.15) is 0 Å². The fourth-order valence-corrected chi connectivity index (χ4v) is 2.47. The molecule has 7 nitrogen and oxygen atoms in total. The largest absolute Gasteiger partial charge is 0.383 e. The second kappa shape index (κ2) is 4.73. The van der Waals surface area contributed by atoms with Crippen molar-refractivity contribution in [3.05, 3.63) is 6.20 Å². The van der Waals surface area contributed by atoms with Crippen LogP contribution in [-0.4, -0.2) is 41.4 Å². The van der Waals surface area contributed by atoms with E-state index in [0.29, 0.717) is 0 Å². The molecule has 0 fully saturated rings. The molecule has 0 aliphatic heterocycles. The number of aromatic amines is 1. The molecule has 0 aromatic carbocycles. The van der Waals surface area contributed by atoms with Gasteiger partial charge in [-0.15, -0.1) is 0 Å². The third kappa shape index (κ3) is 3.29. The van der Waals surface area contributed by atoms with Gasteiger partial charge in [0.15, 0.2) is 0 Å². The Bertz CT molecular complexity index is 453. The highest BCUT2D eigenvalue weighted by Crippen LogP contribution is 2.12. The smallest absolute Gasteiger partial charge is 0.245 e. The molecule has 0 radical (unpaired) electrons. The van der Waals surface area contributed by atoms with Crippen LogP contribution in [0, 0.1) is 0 Å². The summed E-state index contributed by atoms with van der Waals surface area (Å²) in [6.45, 7) is 0.107. The lowest BCUT2D eigenvalue weighted by Gasteiger charge is -2.03. The summed E-state index contributed by atoms with van der Waals surface area (Å²) in [5.74, 6) is 0.247. The standard InChI is InChI=1S/C6H12N4O3S2/c1-14(11)3-2-9-15(12,13)5-4-8-10-6(5)7/h4,9H,2-3H2,1H3,(H3,7,8,10). The van der Waals surface area contributed by atoms with Crippen molar-refractivity contribution in [1.82, 2.24) is 14.9 Å². The van der Waals surface area contributed by atoms with Gasteiger partial charge in [0.1, 0.15) is 10.7 Å². The minimum Gasteiger partial charge on any atom is -0.383 e. The number of nitrogens with two attached hydrogens (primary N) is 1. The van der Waals surface area contributed by atoms with Gasteiger partial charge in [-0.25, -0.2) is 13.1 Å². The molecule has 0 bridgehead atoms. The zero-order valence-corrected chi connectivity index (χ0v) is 9.69. The quantitative estimate of drug-likeness (QED) is 0.598. The van der Waals surface area contributed by atoms with Crippen LogP contribution < -0.4 is 10.5 Å². The number of aromatic nitrogens is 2. The first-order valence-electron chi connectivity index (χ1n) is 4.02. The fraction of sp³-hybridized carbons (Fsp3) is 0.500. The Labute approximate surface area is 89.9 Å². The molecule has 0 spiro atoms. The number of anilines is 1. The molecule has 0 amide bonds. The minimum atomic E-state index is -3.65. The molecule has 86 valence electrons. The van der Waals surface area contributed by atoms with Crippen molar-refractivity contribution in [3.63, 3.8) is 0 Å². The van der Waals surface area contributed by atoms with Crippen molar-refractivity contribution in [1.29, 1.82) is 0 Å². The van der Waals surface area contributed by atoms with E-state index in [0.717, 1.165) is 6.20 Å². The monoisotopic (exact) mass is 252 g/mol. The van der Waals surface area contributed by atoms with Gasteiger partial charge in [0.2, 0.25) is 10.0 Å². The summed E-state index contributed by atoms with van der Waals surface area (Å²) >= 11 is 0. The first-order chi connectivity index (χ1) is 6.93. The predicted octanol–water partition coefficient (Wildman–Crippen LogP) is -1.35. The number of rotatable bonds is 5. The third-order valence-corrected chi connectivity index (χ3v) is 3.87. The normalized spacial score (nSPS) is 13.9. The van der Waals surface area contributed by atoms with Crippen molar-refractivity contribution in [3.8, 4) is 0 Å². The van der Waals surface area contributed by atoms with Gasteiger partial charge in [0.25, 0.3) is 0 Å². The van der Waals surface area contributed by atoms with Crippen molar-refractivity contribution in [2.75, 3.05) is 24.3 Å². The number of sulfonamides is 1. The predicted molar refractivity (Wildman–Crippen MR) is 57.1 cm³/mol. The summed E-state index contributed by atoms with van der Waals surface area (Å²) in [5.41, 5.74) is 5.36. The lowest BCUT2D eigenvalue weighted by atomic mass is 10.7. The topological polar surface area (TPSA) is 118 Å². The number of nitrogens with zero attached hydrogens (tertiary/aromatic N) is 1. The van der Waals surface area contributed by atoms with Gasteiger partial charge in [-0.05, 0) is 0 Å².